The molecule has 2 saturated heterocycles. The highest BCUT2D eigenvalue weighted by Gasteiger charge is 2.43. The van der Waals surface area contributed by atoms with Crippen molar-refractivity contribution in [1.82, 2.24) is 20.4 Å². The van der Waals surface area contributed by atoms with Crippen LogP contribution in [0.25, 0.3) is 10.8 Å². The molecule has 2 amide bonds. The summed E-state index contributed by atoms with van der Waals surface area (Å²) in [6.07, 6.45) is -0.446. The number of hydrogen-bond donors (Lipinski definition) is 4. The summed E-state index contributed by atoms with van der Waals surface area (Å²) in [6.45, 7) is 11.6. The highest BCUT2D eigenvalue weighted by atomic mass is 16.5. The van der Waals surface area contributed by atoms with Gasteiger partial charge in [-0.3, -0.25) is 19.4 Å². The van der Waals surface area contributed by atoms with Crippen molar-refractivity contribution in [2.24, 2.45) is 5.92 Å². The number of ether oxygens (including phenoxy) is 3. The standard InChI is InChI=1S/C46H58N4O7/c1-46(2,3)50-30-39(57-38-17-14-32-8-4-5-9-33(32)26-38)28-41(50)45(54)47-29-36(51)25-35(44(53)48-43-40-11-7-6-10-34(40)27-42(43)52)24-31-12-15-37(16-13-31)56-23-20-49-18-21-55-22-19-49/h4-17,26,35-36,39,41-43,51-52H,18-25,27-30H2,1-3H3,(H,47,54)(H,48,53)/t35-,36+,39+,41?,42-,43+/m1/s1. The molecular formula is C46H58N4O7. The van der Waals surface area contributed by atoms with Crippen molar-refractivity contribution in [3.8, 4) is 11.5 Å². The number of aliphatic hydroxyl groups excluding tert-OH is 2. The Labute approximate surface area is 336 Å². The van der Waals surface area contributed by atoms with E-state index in [1.54, 1.807) is 0 Å². The maximum absolute atomic E-state index is 14.0. The Hall–Kier alpha value is -4.52. The highest BCUT2D eigenvalue weighted by molar-refractivity contribution is 5.84. The van der Waals surface area contributed by atoms with Gasteiger partial charge in [-0.05, 0) is 85.3 Å². The van der Waals surface area contributed by atoms with E-state index in [9.17, 15) is 19.8 Å². The number of nitrogens with zero attached hydrogens (tertiary/aromatic N) is 2. The first-order valence-electron chi connectivity index (χ1n) is 20.5. The second-order valence-electron chi connectivity index (χ2n) is 16.8. The molecule has 2 heterocycles. The smallest absolute Gasteiger partial charge is 0.237 e. The van der Waals surface area contributed by atoms with Gasteiger partial charge in [0.1, 0.15) is 24.2 Å². The van der Waals surface area contributed by atoms with Gasteiger partial charge in [0.25, 0.3) is 0 Å². The van der Waals surface area contributed by atoms with Gasteiger partial charge in [-0.1, -0.05) is 66.7 Å². The van der Waals surface area contributed by atoms with Crippen molar-refractivity contribution in [2.45, 2.75) is 82.4 Å². The van der Waals surface area contributed by atoms with E-state index in [1.165, 1.54) is 0 Å². The van der Waals surface area contributed by atoms with Crippen LogP contribution in [0.3, 0.4) is 0 Å². The van der Waals surface area contributed by atoms with Crippen LogP contribution in [0.4, 0.5) is 0 Å². The SMILES string of the molecule is CC(C)(C)N1C[C@@H](Oc2ccc3ccccc3c2)CC1C(=O)NC[C@@H](O)C[C@@H](Cc1ccc(OCCN2CCOCC2)cc1)C(=O)N[C@H]1c2ccccc2C[C@H]1O. The Morgan fingerprint density at radius 3 is 2.42 bits per heavy atom. The number of morpholine rings is 1. The summed E-state index contributed by atoms with van der Waals surface area (Å²) in [5, 5.41) is 30.7. The average Bonchev–Trinajstić information content (AvgIpc) is 3.78. The number of amides is 2. The van der Waals surface area contributed by atoms with Crippen molar-refractivity contribution >= 4 is 22.6 Å². The van der Waals surface area contributed by atoms with Crippen LogP contribution in [-0.4, -0.2) is 114 Å². The molecule has 4 N–H and O–H groups in total. The summed E-state index contributed by atoms with van der Waals surface area (Å²) in [6, 6.07) is 28.7. The normalized spacial score (nSPS) is 22.5. The lowest BCUT2D eigenvalue weighted by atomic mass is 9.92. The molecular weight excluding hydrogens is 721 g/mol. The largest absolute Gasteiger partial charge is 0.492 e. The fourth-order valence-corrected chi connectivity index (χ4v) is 8.48. The molecule has 1 aliphatic carbocycles. The molecule has 0 radical (unpaired) electrons. The lowest BCUT2D eigenvalue weighted by Crippen LogP contribution is -2.52. The fourth-order valence-electron chi connectivity index (χ4n) is 8.48. The predicted octanol–water partition coefficient (Wildman–Crippen LogP) is 4.67. The summed E-state index contributed by atoms with van der Waals surface area (Å²) in [5.74, 6) is 0.470. The quantitative estimate of drug-likeness (QED) is 0.136. The molecule has 2 aliphatic heterocycles. The van der Waals surface area contributed by atoms with Gasteiger partial charge in [-0.15, -0.1) is 0 Å². The Kier molecular flexibility index (Phi) is 13.1. The molecule has 3 aliphatic rings. The van der Waals surface area contributed by atoms with Crippen LogP contribution in [-0.2, 0) is 27.2 Å². The van der Waals surface area contributed by atoms with Gasteiger partial charge >= 0.3 is 0 Å². The number of fused-ring (bicyclic) bond motifs is 2. The Balaban J connectivity index is 0.979. The van der Waals surface area contributed by atoms with Crippen LogP contribution in [0.1, 0.15) is 56.3 Å². The number of carbonyl (C=O) groups excluding carboxylic acids is 2. The number of aliphatic hydroxyl groups is 2. The molecule has 7 rings (SSSR count). The fraction of sp³-hybridized carbons (Fsp3) is 0.478. The van der Waals surface area contributed by atoms with Crippen molar-refractivity contribution in [2.75, 3.05) is 52.5 Å². The Morgan fingerprint density at radius 2 is 1.65 bits per heavy atom. The lowest BCUT2D eigenvalue weighted by molar-refractivity contribution is -0.128. The molecule has 1 unspecified atom stereocenters. The van der Waals surface area contributed by atoms with Gasteiger partial charge in [-0.2, -0.15) is 0 Å². The minimum atomic E-state index is -0.984. The molecule has 4 aromatic rings. The molecule has 11 heteroatoms. The van der Waals surface area contributed by atoms with Gasteiger partial charge in [0.05, 0.1) is 37.5 Å². The lowest BCUT2D eigenvalue weighted by Gasteiger charge is -2.36. The van der Waals surface area contributed by atoms with Crippen LogP contribution in [0.5, 0.6) is 11.5 Å². The van der Waals surface area contributed by atoms with Gasteiger partial charge in [0.15, 0.2) is 0 Å². The monoisotopic (exact) mass is 778 g/mol. The summed E-state index contributed by atoms with van der Waals surface area (Å²) >= 11 is 0. The van der Waals surface area contributed by atoms with E-state index in [2.05, 4.69) is 53.3 Å². The minimum Gasteiger partial charge on any atom is -0.492 e. The third-order valence-corrected chi connectivity index (χ3v) is 11.6. The van der Waals surface area contributed by atoms with Gasteiger partial charge in [0.2, 0.25) is 11.8 Å². The van der Waals surface area contributed by atoms with E-state index in [0.29, 0.717) is 32.4 Å². The molecule has 57 heavy (non-hydrogen) atoms. The average molecular weight is 779 g/mol. The van der Waals surface area contributed by atoms with Crippen LogP contribution in [0.15, 0.2) is 91.0 Å². The molecule has 0 aromatic heterocycles. The van der Waals surface area contributed by atoms with Crippen molar-refractivity contribution in [1.29, 1.82) is 0 Å². The number of rotatable bonds is 15. The van der Waals surface area contributed by atoms with Crippen LogP contribution >= 0.6 is 0 Å². The highest BCUT2D eigenvalue weighted by Crippen LogP contribution is 2.33. The topological polar surface area (TPSA) is 133 Å². The van der Waals surface area contributed by atoms with E-state index >= 15 is 0 Å². The molecule has 0 saturated carbocycles. The summed E-state index contributed by atoms with van der Waals surface area (Å²) in [4.78, 5) is 32.3. The number of nitrogens with one attached hydrogen (secondary N) is 2. The third-order valence-electron chi connectivity index (χ3n) is 11.6. The molecule has 0 bridgehead atoms. The van der Waals surface area contributed by atoms with E-state index in [4.69, 9.17) is 14.2 Å². The van der Waals surface area contributed by atoms with Crippen LogP contribution in [0.2, 0.25) is 0 Å². The maximum atomic E-state index is 14.0. The Morgan fingerprint density at radius 1 is 0.930 bits per heavy atom. The van der Waals surface area contributed by atoms with E-state index in [1.807, 2.05) is 78.9 Å². The summed E-state index contributed by atoms with van der Waals surface area (Å²) in [5.41, 5.74) is 2.55. The molecule has 11 nitrogen and oxygen atoms in total. The second kappa shape index (κ2) is 18.4. The number of likely N-dealkylation sites (tertiary alicyclic amines) is 1. The first kappa shape index (κ1) is 40.7. The second-order valence-corrected chi connectivity index (χ2v) is 16.8. The summed E-state index contributed by atoms with van der Waals surface area (Å²) in [7, 11) is 0. The first-order valence-corrected chi connectivity index (χ1v) is 20.5. The third kappa shape index (κ3) is 10.5. The van der Waals surface area contributed by atoms with Crippen LogP contribution < -0.4 is 20.1 Å². The van der Waals surface area contributed by atoms with E-state index < -0.39 is 30.2 Å². The molecule has 2 fully saturated rings. The van der Waals surface area contributed by atoms with Gasteiger partial charge in [0, 0.05) is 57.0 Å². The first-order chi connectivity index (χ1) is 27.5. The van der Waals surface area contributed by atoms with Crippen molar-refractivity contribution in [3.05, 3.63) is 108 Å². The van der Waals surface area contributed by atoms with Crippen molar-refractivity contribution in [3.63, 3.8) is 0 Å². The van der Waals surface area contributed by atoms with E-state index in [-0.39, 0.29) is 36.4 Å². The zero-order chi connectivity index (χ0) is 39.9. The zero-order valence-corrected chi connectivity index (χ0v) is 33.4. The molecule has 4 aromatic carbocycles. The molecule has 6 atom stereocenters. The predicted molar refractivity (Wildman–Crippen MR) is 220 cm³/mol. The number of carbonyl (C=O) groups is 2. The van der Waals surface area contributed by atoms with Crippen LogP contribution in [0, 0.1) is 5.92 Å². The van der Waals surface area contributed by atoms with Gasteiger partial charge < -0.3 is 35.1 Å². The molecule has 304 valence electrons. The van der Waals surface area contributed by atoms with Gasteiger partial charge in [-0.25, -0.2) is 0 Å². The Bertz CT molecular complexity index is 1960. The maximum Gasteiger partial charge on any atom is 0.237 e. The zero-order valence-electron chi connectivity index (χ0n) is 33.4. The van der Waals surface area contributed by atoms with Crippen molar-refractivity contribution < 1.29 is 34.0 Å². The minimum absolute atomic E-state index is 0.00188. The van der Waals surface area contributed by atoms with E-state index in [0.717, 1.165) is 71.8 Å². The number of benzene rings is 4. The number of hydrogen-bond acceptors (Lipinski definition) is 9. The molecule has 0 spiro atoms. The summed E-state index contributed by atoms with van der Waals surface area (Å²) < 4.78 is 17.9.